The lowest BCUT2D eigenvalue weighted by Gasteiger charge is -2.17. The van der Waals surface area contributed by atoms with Crippen molar-refractivity contribution in [2.75, 3.05) is 0 Å². The molecular formula is C17H20F3NO6S2. The Hall–Kier alpha value is -2.05. The van der Waals surface area contributed by atoms with Crippen LogP contribution in [0.1, 0.15) is 27.7 Å². The van der Waals surface area contributed by atoms with Crippen LogP contribution in [0.4, 0.5) is 18.9 Å². The molecule has 2 aromatic rings. The van der Waals surface area contributed by atoms with Gasteiger partial charge in [-0.25, -0.2) is 8.42 Å². The van der Waals surface area contributed by atoms with Crippen LogP contribution >= 0.6 is 0 Å². The van der Waals surface area contributed by atoms with Gasteiger partial charge in [0.25, 0.3) is 5.69 Å². The summed E-state index contributed by atoms with van der Waals surface area (Å²) in [6.45, 7) is 8.66. The molecule has 0 fully saturated rings. The van der Waals surface area contributed by atoms with Gasteiger partial charge in [0.05, 0.1) is 4.92 Å². The summed E-state index contributed by atoms with van der Waals surface area (Å²) in [5, 5.41) is 23.3. The highest BCUT2D eigenvalue weighted by atomic mass is 32.2. The van der Waals surface area contributed by atoms with Gasteiger partial charge >= 0.3 is 5.51 Å². The summed E-state index contributed by atoms with van der Waals surface area (Å²) >= 11 is 0. The van der Waals surface area contributed by atoms with Gasteiger partial charge in [0.2, 0.25) is 0 Å². The van der Waals surface area contributed by atoms with Gasteiger partial charge in [0, 0.05) is 22.3 Å². The van der Waals surface area contributed by atoms with Crippen LogP contribution in [-0.4, -0.2) is 39.0 Å². The average Bonchev–Trinajstić information content (AvgIpc) is 2.54. The Labute approximate surface area is 168 Å². The van der Waals surface area contributed by atoms with Crippen LogP contribution in [0.3, 0.4) is 0 Å². The Morgan fingerprint density at radius 2 is 1.55 bits per heavy atom. The van der Waals surface area contributed by atoms with E-state index in [0.29, 0.717) is 15.9 Å². The van der Waals surface area contributed by atoms with Crippen molar-refractivity contribution in [2.45, 2.75) is 48.6 Å². The van der Waals surface area contributed by atoms with E-state index in [2.05, 4.69) is 27.7 Å². The van der Waals surface area contributed by atoms with E-state index in [1.54, 1.807) is 12.1 Å². The van der Waals surface area contributed by atoms with Crippen molar-refractivity contribution < 1.29 is 36.2 Å². The molecule has 0 amide bonds. The Morgan fingerprint density at radius 1 is 1.07 bits per heavy atom. The van der Waals surface area contributed by atoms with E-state index >= 15 is 0 Å². The number of fused-ring (bicyclic) bond motifs is 1. The fourth-order valence-corrected chi connectivity index (χ4v) is 5.51. The van der Waals surface area contributed by atoms with Crippen molar-refractivity contribution in [2.24, 2.45) is 0 Å². The number of aromatic hydroxyl groups is 1. The molecule has 0 atom stereocenters. The van der Waals surface area contributed by atoms with Crippen LogP contribution < -0.4 is 0 Å². The molecule has 0 aliphatic rings. The number of nitro benzene ring substituents is 1. The number of phenols is 1. The predicted molar refractivity (Wildman–Crippen MR) is 104 cm³/mol. The summed E-state index contributed by atoms with van der Waals surface area (Å²) in [5.41, 5.74) is -5.68. The van der Waals surface area contributed by atoms with Crippen molar-refractivity contribution >= 4 is 37.5 Å². The highest BCUT2D eigenvalue weighted by Crippen LogP contribution is 2.39. The summed E-state index contributed by atoms with van der Waals surface area (Å²) in [5.74, 6) is -0.0305. The van der Waals surface area contributed by atoms with Gasteiger partial charge < -0.3 is 9.66 Å². The molecule has 1 N–H and O–H groups in total. The van der Waals surface area contributed by atoms with E-state index in [4.69, 9.17) is 13.0 Å². The summed E-state index contributed by atoms with van der Waals surface area (Å²) < 4.78 is 58.9. The van der Waals surface area contributed by atoms with Crippen molar-refractivity contribution in [1.29, 1.82) is 0 Å². The summed E-state index contributed by atoms with van der Waals surface area (Å²) in [6, 6.07) is 8.47. The number of hydrogen-bond acceptors (Lipinski definition) is 6. The maximum atomic E-state index is 11.2. The Bertz CT molecular complexity index is 983. The second kappa shape index (κ2) is 9.18. The van der Waals surface area contributed by atoms with E-state index in [0.717, 1.165) is 10.3 Å². The second-order valence-corrected chi connectivity index (χ2v) is 10.8. The number of alkyl halides is 3. The van der Waals surface area contributed by atoms with Gasteiger partial charge in [-0.3, -0.25) is 10.1 Å². The molecular weight excluding hydrogens is 435 g/mol. The minimum absolute atomic E-state index is 0.0293. The van der Waals surface area contributed by atoms with Crippen LogP contribution in [0.25, 0.3) is 10.8 Å². The zero-order valence-electron chi connectivity index (χ0n) is 15.9. The molecule has 0 unspecified atom stereocenters. The minimum Gasteiger partial charge on any atom is -0.741 e. The molecule has 2 aromatic carbocycles. The smallest absolute Gasteiger partial charge is 0.485 e. The van der Waals surface area contributed by atoms with Gasteiger partial charge in [0.15, 0.2) is 15.0 Å². The highest BCUT2D eigenvalue weighted by Gasteiger charge is 2.37. The Morgan fingerprint density at radius 3 is 1.93 bits per heavy atom. The number of phenolic OH excluding ortho intramolecular Hbond substituents is 1. The molecule has 162 valence electrons. The normalized spacial score (nSPS) is 12.4. The van der Waals surface area contributed by atoms with Crippen LogP contribution in [0, 0.1) is 10.1 Å². The van der Waals surface area contributed by atoms with Crippen LogP contribution in [0.2, 0.25) is 0 Å². The van der Waals surface area contributed by atoms with Crippen molar-refractivity contribution in [3.05, 3.63) is 40.4 Å². The summed E-state index contributed by atoms with van der Waals surface area (Å²) in [7, 11) is -6.12. The molecule has 0 aliphatic carbocycles. The topological polar surface area (TPSA) is 121 Å². The quantitative estimate of drug-likeness (QED) is 0.241. The van der Waals surface area contributed by atoms with Crippen molar-refractivity contribution in [3.63, 3.8) is 0 Å². The number of halogens is 3. The SMILES string of the molecule is CC(C)[S+](c1ccc(O)c2c([N+](=O)[O-])cccc12)C(C)C.O=S(=O)([O-])C(F)(F)F. The maximum absolute atomic E-state index is 11.2. The molecule has 0 saturated heterocycles. The molecule has 0 saturated carbocycles. The molecule has 0 bridgehead atoms. The zero-order chi connectivity index (χ0) is 22.7. The van der Waals surface area contributed by atoms with E-state index in [1.165, 1.54) is 6.07 Å². The second-order valence-electron chi connectivity index (χ2n) is 6.41. The first-order valence-corrected chi connectivity index (χ1v) is 11.0. The van der Waals surface area contributed by atoms with Crippen molar-refractivity contribution in [1.82, 2.24) is 0 Å². The molecule has 12 heteroatoms. The molecule has 0 aromatic heterocycles. The fourth-order valence-electron chi connectivity index (χ4n) is 2.75. The van der Waals surface area contributed by atoms with Gasteiger partial charge in [-0.05, 0) is 45.9 Å². The zero-order valence-corrected chi connectivity index (χ0v) is 17.6. The molecule has 0 radical (unpaired) electrons. The third-order valence-corrected chi connectivity index (χ3v) is 7.17. The molecule has 29 heavy (non-hydrogen) atoms. The number of benzene rings is 2. The summed E-state index contributed by atoms with van der Waals surface area (Å²) in [6.07, 6.45) is 0. The number of nitro groups is 1. The lowest BCUT2D eigenvalue weighted by molar-refractivity contribution is -0.383. The first-order valence-electron chi connectivity index (χ1n) is 8.22. The number of nitrogens with zero attached hydrogens (tertiary/aromatic N) is 1. The fraction of sp³-hybridized carbons (Fsp3) is 0.412. The lowest BCUT2D eigenvalue weighted by Crippen LogP contribution is -2.24. The largest absolute Gasteiger partial charge is 0.741 e. The Balaban J connectivity index is 0.000000447. The molecule has 7 nitrogen and oxygen atoms in total. The van der Waals surface area contributed by atoms with Gasteiger partial charge in [0.1, 0.15) is 21.6 Å². The first kappa shape index (κ1) is 25.0. The molecule has 0 heterocycles. The third-order valence-electron chi connectivity index (χ3n) is 3.71. The summed E-state index contributed by atoms with van der Waals surface area (Å²) in [4.78, 5) is 11.9. The number of hydrogen-bond donors (Lipinski definition) is 1. The van der Waals surface area contributed by atoms with E-state index in [1.807, 2.05) is 12.1 Å². The van der Waals surface area contributed by atoms with Crippen LogP contribution in [0.15, 0.2) is 35.2 Å². The van der Waals surface area contributed by atoms with Gasteiger partial charge in [-0.2, -0.15) is 13.2 Å². The van der Waals surface area contributed by atoms with Crippen molar-refractivity contribution in [3.8, 4) is 5.75 Å². The predicted octanol–water partition coefficient (Wildman–Crippen LogP) is 4.30. The lowest BCUT2D eigenvalue weighted by atomic mass is 10.1. The van der Waals surface area contributed by atoms with Crippen LogP contribution in [-0.2, 0) is 21.0 Å². The van der Waals surface area contributed by atoms with Gasteiger partial charge in [-0.1, -0.05) is 6.07 Å². The van der Waals surface area contributed by atoms with E-state index in [-0.39, 0.29) is 22.3 Å². The minimum atomic E-state index is -6.09. The molecule has 2 rings (SSSR count). The van der Waals surface area contributed by atoms with E-state index < -0.39 is 20.5 Å². The first-order chi connectivity index (χ1) is 13.1. The van der Waals surface area contributed by atoms with Gasteiger partial charge in [-0.15, -0.1) is 0 Å². The van der Waals surface area contributed by atoms with E-state index in [9.17, 15) is 28.4 Å². The standard InChI is InChI=1S/C16H19NO3S.CHF3O3S/c1-10(2)21(11(3)4)15-9-8-14(18)16-12(15)6-5-7-13(16)17(19)20;2-1(3,4)8(5,6)7/h5-11H,1-4H3;(H,5,6,7). The third kappa shape index (κ3) is 5.97. The number of non-ortho nitro benzene ring substituents is 1. The molecule has 0 aliphatic heterocycles. The maximum Gasteiger partial charge on any atom is 0.485 e. The molecule has 0 spiro atoms. The highest BCUT2D eigenvalue weighted by molar-refractivity contribution is 7.98. The monoisotopic (exact) mass is 455 g/mol. The Kier molecular flexibility index (Phi) is 7.91. The average molecular weight is 455 g/mol. The number of rotatable bonds is 4. The van der Waals surface area contributed by atoms with Crippen LogP contribution in [0.5, 0.6) is 5.75 Å².